The summed E-state index contributed by atoms with van der Waals surface area (Å²) in [6, 6.07) is 9.51. The quantitative estimate of drug-likeness (QED) is 0.791. The number of hydrogen-bond acceptors (Lipinski definition) is 5. The Hall–Kier alpha value is -2.02. The van der Waals surface area contributed by atoms with E-state index in [2.05, 4.69) is 29.3 Å². The summed E-state index contributed by atoms with van der Waals surface area (Å²) >= 11 is 0. The Bertz CT molecular complexity index is 685. The summed E-state index contributed by atoms with van der Waals surface area (Å²) in [7, 11) is -1.38. The van der Waals surface area contributed by atoms with Crippen LogP contribution in [-0.4, -0.2) is 26.0 Å². The van der Waals surface area contributed by atoms with Crippen molar-refractivity contribution in [3.8, 4) is 0 Å². The molecule has 7 heteroatoms. The molecule has 0 aliphatic heterocycles. The van der Waals surface area contributed by atoms with Crippen LogP contribution in [0.5, 0.6) is 0 Å². The van der Waals surface area contributed by atoms with Gasteiger partial charge in [0.2, 0.25) is 11.8 Å². The summed E-state index contributed by atoms with van der Waals surface area (Å²) in [6.45, 7) is 6.02. The van der Waals surface area contributed by atoms with Crippen molar-refractivity contribution in [1.82, 2.24) is 15.5 Å². The van der Waals surface area contributed by atoms with Gasteiger partial charge < -0.3 is 9.84 Å². The molecule has 1 aromatic heterocycles. The van der Waals surface area contributed by atoms with E-state index >= 15 is 0 Å². The van der Waals surface area contributed by atoms with Crippen LogP contribution in [0.25, 0.3) is 0 Å². The lowest BCUT2D eigenvalue weighted by Gasteiger charge is -2.13. The van der Waals surface area contributed by atoms with Crippen LogP contribution in [0.1, 0.15) is 44.1 Å². The van der Waals surface area contributed by atoms with Crippen molar-refractivity contribution in [1.29, 1.82) is 0 Å². The minimum Gasteiger partial charge on any atom is -0.349 e. The average molecular weight is 349 g/mol. The molecule has 0 unspecified atom stereocenters. The number of rotatable bonds is 8. The van der Waals surface area contributed by atoms with Crippen LogP contribution >= 0.6 is 0 Å². The van der Waals surface area contributed by atoms with Gasteiger partial charge in [-0.1, -0.05) is 49.3 Å². The second-order valence-electron chi connectivity index (χ2n) is 6.13. The Morgan fingerprint density at radius 1 is 1.25 bits per heavy atom. The van der Waals surface area contributed by atoms with Gasteiger partial charge in [0, 0.05) is 17.2 Å². The Kier molecular flexibility index (Phi) is 6.66. The third-order valence-corrected chi connectivity index (χ3v) is 4.51. The minimum absolute atomic E-state index is 0.0843. The largest absolute Gasteiger partial charge is 0.349 e. The Morgan fingerprint density at radius 2 is 1.96 bits per heavy atom. The standard InChI is InChI=1S/C17H23N3O3S/c1-12(2)9-15-19-17(23-20-15)11-24(22)10-16(21)18-13(3)14-7-5-4-6-8-14/h4-8,12-13H,9-11H2,1-3H3,(H,18,21)/t13-,24-/m0/s1. The van der Waals surface area contributed by atoms with Crippen molar-refractivity contribution >= 4 is 16.7 Å². The summed E-state index contributed by atoms with van der Waals surface area (Å²) in [5.41, 5.74) is 1.01. The van der Waals surface area contributed by atoms with Crippen LogP contribution in [0, 0.1) is 5.92 Å². The van der Waals surface area contributed by atoms with Crippen LogP contribution in [0.3, 0.4) is 0 Å². The van der Waals surface area contributed by atoms with Gasteiger partial charge in [0.25, 0.3) is 0 Å². The van der Waals surface area contributed by atoms with Crippen molar-refractivity contribution in [3.63, 3.8) is 0 Å². The number of benzene rings is 1. The van der Waals surface area contributed by atoms with E-state index in [0.29, 0.717) is 24.1 Å². The summed E-state index contributed by atoms with van der Waals surface area (Å²) in [5.74, 6) is 1.10. The molecule has 2 rings (SSSR count). The fourth-order valence-corrected chi connectivity index (χ4v) is 3.11. The maximum atomic E-state index is 12.1. The van der Waals surface area contributed by atoms with Gasteiger partial charge in [-0.15, -0.1) is 0 Å². The van der Waals surface area contributed by atoms with E-state index in [0.717, 1.165) is 5.56 Å². The second kappa shape index (κ2) is 8.73. The van der Waals surface area contributed by atoms with E-state index < -0.39 is 10.8 Å². The van der Waals surface area contributed by atoms with E-state index in [1.165, 1.54) is 0 Å². The molecule has 0 saturated carbocycles. The molecule has 1 heterocycles. The van der Waals surface area contributed by atoms with Gasteiger partial charge in [-0.2, -0.15) is 4.98 Å². The molecule has 0 spiro atoms. The predicted molar refractivity (Wildman–Crippen MR) is 92.6 cm³/mol. The molecule has 0 saturated heterocycles. The van der Waals surface area contributed by atoms with E-state index in [4.69, 9.17) is 4.52 Å². The highest BCUT2D eigenvalue weighted by molar-refractivity contribution is 7.84. The van der Waals surface area contributed by atoms with E-state index in [1.54, 1.807) is 0 Å². The zero-order valence-electron chi connectivity index (χ0n) is 14.2. The molecule has 2 aromatic rings. The molecule has 1 amide bonds. The molecular formula is C17H23N3O3S. The number of nitrogens with one attached hydrogen (secondary N) is 1. The Morgan fingerprint density at radius 3 is 2.62 bits per heavy atom. The number of carbonyl (C=O) groups excluding carboxylic acids is 1. The van der Waals surface area contributed by atoms with Crippen molar-refractivity contribution in [2.45, 2.75) is 39.0 Å². The van der Waals surface area contributed by atoms with Gasteiger partial charge >= 0.3 is 0 Å². The molecule has 0 radical (unpaired) electrons. The van der Waals surface area contributed by atoms with Crippen LogP contribution < -0.4 is 5.32 Å². The fraction of sp³-hybridized carbons (Fsp3) is 0.471. The number of hydrogen-bond donors (Lipinski definition) is 1. The lowest BCUT2D eigenvalue weighted by atomic mass is 10.1. The molecule has 0 aliphatic rings. The van der Waals surface area contributed by atoms with Crippen molar-refractivity contribution in [3.05, 3.63) is 47.6 Å². The summed E-state index contributed by atoms with van der Waals surface area (Å²) in [4.78, 5) is 16.2. The zero-order valence-corrected chi connectivity index (χ0v) is 15.0. The van der Waals surface area contributed by atoms with Crippen LogP contribution in [-0.2, 0) is 27.8 Å². The van der Waals surface area contributed by atoms with Crippen LogP contribution in [0.4, 0.5) is 0 Å². The van der Waals surface area contributed by atoms with Gasteiger partial charge in [-0.05, 0) is 18.4 Å². The van der Waals surface area contributed by atoms with Crippen molar-refractivity contribution in [2.75, 3.05) is 5.75 Å². The monoisotopic (exact) mass is 349 g/mol. The zero-order chi connectivity index (χ0) is 17.5. The maximum Gasteiger partial charge on any atom is 0.239 e. The molecule has 0 bridgehead atoms. The van der Waals surface area contributed by atoms with Gasteiger partial charge in [0.05, 0.1) is 6.04 Å². The fourth-order valence-electron chi connectivity index (χ4n) is 2.24. The molecule has 0 aliphatic carbocycles. The summed E-state index contributed by atoms with van der Waals surface area (Å²) < 4.78 is 17.2. The third kappa shape index (κ3) is 5.88. The van der Waals surface area contributed by atoms with E-state index in [-0.39, 0.29) is 23.5 Å². The molecule has 2 atom stereocenters. The molecule has 1 N–H and O–H groups in total. The van der Waals surface area contributed by atoms with Gasteiger partial charge in [0.15, 0.2) is 5.82 Å². The first-order valence-electron chi connectivity index (χ1n) is 7.94. The van der Waals surface area contributed by atoms with Crippen molar-refractivity contribution in [2.24, 2.45) is 5.92 Å². The maximum absolute atomic E-state index is 12.1. The van der Waals surface area contributed by atoms with Crippen molar-refractivity contribution < 1.29 is 13.5 Å². The van der Waals surface area contributed by atoms with Crippen LogP contribution in [0.2, 0.25) is 0 Å². The second-order valence-corrected chi connectivity index (χ2v) is 7.59. The number of carbonyl (C=O) groups is 1. The number of aromatic nitrogens is 2. The van der Waals surface area contributed by atoms with E-state index in [9.17, 15) is 9.00 Å². The van der Waals surface area contributed by atoms with Gasteiger partial charge in [0.1, 0.15) is 11.5 Å². The molecule has 1 aromatic carbocycles. The SMILES string of the molecule is CC(C)Cc1noc(C[S@@](=O)CC(=O)N[C@@H](C)c2ccccc2)n1. The number of nitrogens with zero attached hydrogens (tertiary/aromatic N) is 2. The topological polar surface area (TPSA) is 85.1 Å². The Balaban J connectivity index is 1.81. The van der Waals surface area contributed by atoms with Gasteiger partial charge in [-0.3, -0.25) is 9.00 Å². The highest BCUT2D eigenvalue weighted by Crippen LogP contribution is 2.11. The minimum atomic E-state index is -1.38. The van der Waals surface area contributed by atoms with E-state index in [1.807, 2.05) is 37.3 Å². The summed E-state index contributed by atoms with van der Waals surface area (Å²) in [5, 5.41) is 6.70. The third-order valence-electron chi connectivity index (χ3n) is 3.35. The first-order chi connectivity index (χ1) is 11.4. The van der Waals surface area contributed by atoms with Gasteiger partial charge in [-0.25, -0.2) is 0 Å². The summed E-state index contributed by atoms with van der Waals surface area (Å²) in [6.07, 6.45) is 0.714. The first kappa shape index (κ1) is 18.3. The predicted octanol–water partition coefficient (Wildman–Crippen LogP) is 2.39. The van der Waals surface area contributed by atoms with Crippen LogP contribution in [0.15, 0.2) is 34.9 Å². The first-order valence-corrected chi connectivity index (χ1v) is 9.43. The smallest absolute Gasteiger partial charge is 0.239 e. The number of amides is 1. The lowest BCUT2D eigenvalue weighted by Crippen LogP contribution is -2.31. The molecule has 6 nitrogen and oxygen atoms in total. The normalized spacial score (nSPS) is 13.7. The highest BCUT2D eigenvalue weighted by Gasteiger charge is 2.16. The molecule has 24 heavy (non-hydrogen) atoms. The lowest BCUT2D eigenvalue weighted by molar-refractivity contribution is -0.119. The average Bonchev–Trinajstić information content (AvgIpc) is 2.93. The molecule has 130 valence electrons. The Labute approximate surface area is 144 Å². The molecule has 0 fully saturated rings. The highest BCUT2D eigenvalue weighted by atomic mass is 32.2. The molecular weight excluding hydrogens is 326 g/mol.